The predicted molar refractivity (Wildman–Crippen MR) is 338 cm³/mol. The molecule has 6 nitrogen and oxygen atoms in total. The Balaban J connectivity index is 3.39. The Hall–Kier alpha value is -1.66. The third-order valence-corrected chi connectivity index (χ3v) is 16.5. The first-order valence-electron chi connectivity index (χ1n) is 35.1. The maximum absolute atomic E-state index is 12.5. The summed E-state index contributed by atoms with van der Waals surface area (Å²) in [6, 6.07) is -0.543. The molecule has 0 saturated heterocycles. The van der Waals surface area contributed by atoms with Gasteiger partial charge in [0.1, 0.15) is 0 Å². The lowest BCUT2D eigenvalue weighted by Gasteiger charge is -2.22. The van der Waals surface area contributed by atoms with Gasteiger partial charge in [0.25, 0.3) is 0 Å². The van der Waals surface area contributed by atoms with Crippen molar-refractivity contribution in [1.29, 1.82) is 0 Å². The minimum absolute atomic E-state index is 0.00651. The van der Waals surface area contributed by atoms with Crippen molar-refractivity contribution in [3.05, 3.63) is 24.3 Å². The summed E-state index contributed by atoms with van der Waals surface area (Å²) in [7, 11) is 0. The molecular weight excluding hydrogens is 947 g/mol. The zero-order chi connectivity index (χ0) is 55.7. The number of aliphatic hydroxyl groups is 2. The van der Waals surface area contributed by atoms with E-state index in [0.717, 1.165) is 44.9 Å². The second-order valence-corrected chi connectivity index (χ2v) is 24.2. The number of hydrogen-bond acceptors (Lipinski definition) is 5. The predicted octanol–water partition coefficient (Wildman–Crippen LogP) is 22.5. The standard InChI is InChI=1S/C71H137NO5/c1-3-5-7-9-11-13-15-17-18-19-20-30-33-36-40-43-47-51-55-59-63-69(74)68(67-73)72-70(75)64-60-56-52-48-44-41-37-34-31-28-26-24-22-21-23-25-27-29-32-35-38-42-46-50-54-58-62-66-77-71(76)65-61-57-53-49-45-39-16-14-12-10-8-6-4-2/h14,16,21-22,68-69,73-74H,3-13,15,17-20,23-67H2,1-2H3,(H,72,75)/b16-14-,22-21-. The van der Waals surface area contributed by atoms with E-state index in [1.54, 1.807) is 0 Å². The number of amides is 1. The van der Waals surface area contributed by atoms with E-state index in [4.69, 9.17) is 4.74 Å². The maximum Gasteiger partial charge on any atom is 0.305 e. The molecule has 0 aliphatic carbocycles. The number of hydrogen-bond donors (Lipinski definition) is 3. The summed E-state index contributed by atoms with van der Waals surface area (Å²) < 4.78 is 5.48. The number of nitrogens with one attached hydrogen (secondary N) is 1. The molecule has 456 valence electrons. The topological polar surface area (TPSA) is 95.9 Å². The highest BCUT2D eigenvalue weighted by atomic mass is 16.5. The highest BCUT2D eigenvalue weighted by Crippen LogP contribution is 2.19. The van der Waals surface area contributed by atoms with Crippen molar-refractivity contribution >= 4 is 11.9 Å². The smallest absolute Gasteiger partial charge is 0.305 e. The van der Waals surface area contributed by atoms with Gasteiger partial charge in [-0.15, -0.1) is 0 Å². The van der Waals surface area contributed by atoms with Crippen molar-refractivity contribution in [2.24, 2.45) is 0 Å². The summed E-state index contributed by atoms with van der Waals surface area (Å²) in [5, 5.41) is 23.4. The molecule has 6 heteroatoms. The largest absolute Gasteiger partial charge is 0.466 e. The minimum atomic E-state index is -0.665. The van der Waals surface area contributed by atoms with Gasteiger partial charge in [-0.2, -0.15) is 0 Å². The van der Waals surface area contributed by atoms with Gasteiger partial charge in [0.05, 0.1) is 25.4 Å². The van der Waals surface area contributed by atoms with Crippen LogP contribution >= 0.6 is 0 Å². The van der Waals surface area contributed by atoms with Crippen LogP contribution in [-0.4, -0.2) is 47.4 Å². The van der Waals surface area contributed by atoms with Gasteiger partial charge in [-0.25, -0.2) is 0 Å². The zero-order valence-electron chi connectivity index (χ0n) is 52.2. The van der Waals surface area contributed by atoms with Crippen LogP contribution in [0, 0.1) is 0 Å². The lowest BCUT2D eigenvalue weighted by molar-refractivity contribution is -0.143. The number of allylic oxidation sites excluding steroid dienone is 4. The average molecular weight is 1080 g/mol. The molecule has 0 bridgehead atoms. The summed E-state index contributed by atoms with van der Waals surface area (Å²) in [5.74, 6) is -0.0252. The summed E-state index contributed by atoms with van der Waals surface area (Å²) in [6.45, 7) is 4.97. The van der Waals surface area contributed by atoms with Crippen molar-refractivity contribution in [1.82, 2.24) is 5.32 Å². The quantitative estimate of drug-likeness (QED) is 0.0320. The molecule has 0 heterocycles. The lowest BCUT2D eigenvalue weighted by atomic mass is 10.0. The van der Waals surface area contributed by atoms with Gasteiger partial charge < -0.3 is 20.3 Å². The van der Waals surface area contributed by atoms with Crippen molar-refractivity contribution in [2.45, 2.75) is 405 Å². The van der Waals surface area contributed by atoms with E-state index in [9.17, 15) is 19.8 Å². The monoisotopic (exact) mass is 1080 g/mol. The third-order valence-electron chi connectivity index (χ3n) is 16.5. The summed E-state index contributed by atoms with van der Waals surface area (Å²) >= 11 is 0. The molecule has 3 N–H and O–H groups in total. The van der Waals surface area contributed by atoms with Gasteiger partial charge in [0.2, 0.25) is 5.91 Å². The molecular formula is C71H137NO5. The summed E-state index contributed by atoms with van der Waals surface area (Å²) in [6.07, 6.45) is 83.6. The Bertz CT molecular complexity index is 1200. The van der Waals surface area contributed by atoms with E-state index in [-0.39, 0.29) is 18.5 Å². The van der Waals surface area contributed by atoms with Crippen molar-refractivity contribution < 1.29 is 24.5 Å². The molecule has 0 aliphatic heterocycles. The number of unbranched alkanes of at least 4 members (excludes halogenated alkanes) is 51. The van der Waals surface area contributed by atoms with Crippen LogP contribution < -0.4 is 5.32 Å². The van der Waals surface area contributed by atoms with Gasteiger partial charge >= 0.3 is 5.97 Å². The SMILES string of the molecule is CCCCCC/C=C\CCCCCCCC(=O)OCCCCCCCCCCCCCC/C=C\CCCCCCCCCCCCCC(=O)NC(CO)C(O)CCCCCCCCCCCCCCCCCCCCCC. The van der Waals surface area contributed by atoms with Crippen molar-refractivity contribution in [3.63, 3.8) is 0 Å². The Morgan fingerprint density at radius 2 is 0.610 bits per heavy atom. The molecule has 1 amide bonds. The van der Waals surface area contributed by atoms with Crippen LogP contribution in [-0.2, 0) is 14.3 Å². The first-order chi connectivity index (χ1) is 38.0. The Morgan fingerprint density at radius 1 is 0.351 bits per heavy atom. The number of ether oxygens (including phenoxy) is 1. The van der Waals surface area contributed by atoms with Crippen LogP contribution in [0.3, 0.4) is 0 Å². The number of rotatable bonds is 66. The molecule has 0 aromatic heterocycles. The van der Waals surface area contributed by atoms with Crippen LogP contribution in [0.15, 0.2) is 24.3 Å². The fraction of sp³-hybridized carbons (Fsp3) is 0.915. The van der Waals surface area contributed by atoms with Crippen LogP contribution in [0.5, 0.6) is 0 Å². The number of carbonyl (C=O) groups is 2. The van der Waals surface area contributed by atoms with E-state index in [0.29, 0.717) is 25.9 Å². The molecule has 0 saturated carbocycles. The fourth-order valence-electron chi connectivity index (χ4n) is 11.1. The fourth-order valence-corrected chi connectivity index (χ4v) is 11.1. The molecule has 0 radical (unpaired) electrons. The van der Waals surface area contributed by atoms with Gasteiger partial charge in [-0.1, -0.05) is 327 Å². The van der Waals surface area contributed by atoms with Gasteiger partial charge in [-0.05, 0) is 77.0 Å². The molecule has 0 aliphatic rings. The Labute approximate surface area is 481 Å². The highest BCUT2D eigenvalue weighted by Gasteiger charge is 2.20. The molecule has 2 atom stereocenters. The maximum atomic E-state index is 12.5. The van der Waals surface area contributed by atoms with E-state index >= 15 is 0 Å². The van der Waals surface area contributed by atoms with Crippen LogP contribution in [0.25, 0.3) is 0 Å². The number of esters is 1. The van der Waals surface area contributed by atoms with E-state index in [1.807, 2.05) is 0 Å². The van der Waals surface area contributed by atoms with Crippen molar-refractivity contribution in [2.75, 3.05) is 13.2 Å². The summed E-state index contributed by atoms with van der Waals surface area (Å²) in [5.41, 5.74) is 0. The first kappa shape index (κ1) is 75.3. The molecule has 0 aromatic rings. The van der Waals surface area contributed by atoms with Gasteiger partial charge in [0, 0.05) is 12.8 Å². The molecule has 0 spiro atoms. The van der Waals surface area contributed by atoms with Crippen LogP contribution in [0.2, 0.25) is 0 Å². The van der Waals surface area contributed by atoms with Gasteiger partial charge in [0.15, 0.2) is 0 Å². The third kappa shape index (κ3) is 63.4. The molecule has 0 fully saturated rings. The minimum Gasteiger partial charge on any atom is -0.466 e. The van der Waals surface area contributed by atoms with E-state index < -0.39 is 12.1 Å². The normalized spacial score (nSPS) is 12.6. The molecule has 0 rings (SSSR count). The Morgan fingerprint density at radius 3 is 0.935 bits per heavy atom. The second-order valence-electron chi connectivity index (χ2n) is 24.2. The van der Waals surface area contributed by atoms with Crippen LogP contribution in [0.1, 0.15) is 393 Å². The number of aliphatic hydroxyl groups excluding tert-OH is 2. The van der Waals surface area contributed by atoms with Crippen molar-refractivity contribution in [3.8, 4) is 0 Å². The van der Waals surface area contributed by atoms with E-state index in [1.165, 1.54) is 315 Å². The van der Waals surface area contributed by atoms with Gasteiger partial charge in [-0.3, -0.25) is 9.59 Å². The number of carbonyl (C=O) groups excluding carboxylic acids is 2. The van der Waals surface area contributed by atoms with E-state index in [2.05, 4.69) is 43.5 Å². The summed E-state index contributed by atoms with van der Waals surface area (Å²) in [4.78, 5) is 24.6. The first-order valence-corrected chi connectivity index (χ1v) is 35.1. The lowest BCUT2D eigenvalue weighted by Crippen LogP contribution is -2.45. The van der Waals surface area contributed by atoms with Crippen LogP contribution in [0.4, 0.5) is 0 Å². The second kappa shape index (κ2) is 66.8. The molecule has 0 aromatic carbocycles. The zero-order valence-corrected chi connectivity index (χ0v) is 52.2. The Kier molecular flexibility index (Phi) is 65.4. The highest BCUT2D eigenvalue weighted by molar-refractivity contribution is 5.76. The molecule has 77 heavy (non-hydrogen) atoms. The molecule has 2 unspecified atom stereocenters. The average Bonchev–Trinajstić information content (AvgIpc) is 3.43.